The van der Waals surface area contributed by atoms with Crippen molar-refractivity contribution >= 4 is 10.9 Å². The third kappa shape index (κ3) is 1.91. The minimum atomic E-state index is 0.925. The van der Waals surface area contributed by atoms with Crippen molar-refractivity contribution in [2.75, 3.05) is 0 Å². The van der Waals surface area contributed by atoms with Crippen LogP contribution in [0.4, 0.5) is 0 Å². The molecule has 0 bridgehead atoms. The molecule has 2 rings (SSSR count). The normalized spacial score (nSPS) is 10.5. The second-order valence-electron chi connectivity index (χ2n) is 3.67. The number of hydrogen-bond acceptors (Lipinski definition) is 1. The van der Waals surface area contributed by atoms with Crippen molar-refractivity contribution in [2.45, 2.75) is 19.8 Å². The molecule has 1 heterocycles. The maximum absolute atomic E-state index is 4.37. The SMILES string of the molecule is C=CCc1ccc2nccc(CC)c2c1. The van der Waals surface area contributed by atoms with Gasteiger partial charge in [-0.1, -0.05) is 19.1 Å². The van der Waals surface area contributed by atoms with Crippen molar-refractivity contribution in [1.29, 1.82) is 0 Å². The zero-order valence-corrected chi connectivity index (χ0v) is 9.03. The Morgan fingerprint density at radius 3 is 2.93 bits per heavy atom. The monoisotopic (exact) mass is 197 g/mol. The molecular formula is C14H15N. The molecule has 76 valence electrons. The third-order valence-electron chi connectivity index (χ3n) is 2.66. The lowest BCUT2D eigenvalue weighted by molar-refractivity contribution is 1.14. The van der Waals surface area contributed by atoms with Crippen molar-refractivity contribution < 1.29 is 0 Å². The van der Waals surface area contributed by atoms with Crippen molar-refractivity contribution in [3.63, 3.8) is 0 Å². The highest BCUT2D eigenvalue weighted by Gasteiger charge is 2.00. The molecule has 0 aliphatic carbocycles. The molecule has 15 heavy (non-hydrogen) atoms. The van der Waals surface area contributed by atoms with E-state index in [4.69, 9.17) is 0 Å². The molecular weight excluding hydrogens is 182 g/mol. The van der Waals surface area contributed by atoms with Crippen LogP contribution in [0.5, 0.6) is 0 Å². The quantitative estimate of drug-likeness (QED) is 0.686. The Kier molecular flexibility index (Phi) is 2.82. The Hall–Kier alpha value is -1.63. The maximum Gasteiger partial charge on any atom is 0.0704 e. The summed E-state index contributed by atoms with van der Waals surface area (Å²) in [7, 11) is 0. The lowest BCUT2D eigenvalue weighted by Gasteiger charge is -2.05. The van der Waals surface area contributed by atoms with E-state index in [-0.39, 0.29) is 0 Å². The smallest absolute Gasteiger partial charge is 0.0704 e. The number of allylic oxidation sites excluding steroid dienone is 1. The van der Waals surface area contributed by atoms with E-state index in [0.717, 1.165) is 18.4 Å². The first-order chi connectivity index (χ1) is 7.35. The fourth-order valence-corrected chi connectivity index (χ4v) is 1.85. The van der Waals surface area contributed by atoms with Crippen LogP contribution in [-0.2, 0) is 12.8 Å². The molecule has 0 unspecified atom stereocenters. The van der Waals surface area contributed by atoms with E-state index in [2.05, 4.69) is 42.8 Å². The highest BCUT2D eigenvalue weighted by Crippen LogP contribution is 2.19. The Balaban J connectivity index is 2.61. The molecule has 0 amide bonds. The number of aromatic nitrogens is 1. The fraction of sp³-hybridized carbons (Fsp3) is 0.214. The average Bonchev–Trinajstić information content (AvgIpc) is 2.28. The molecule has 1 aromatic heterocycles. The number of pyridine rings is 1. The van der Waals surface area contributed by atoms with Crippen LogP contribution in [0, 0.1) is 0 Å². The van der Waals surface area contributed by atoms with Gasteiger partial charge in [0.25, 0.3) is 0 Å². The van der Waals surface area contributed by atoms with Gasteiger partial charge in [-0.05, 0) is 42.2 Å². The summed E-state index contributed by atoms with van der Waals surface area (Å²) in [5, 5.41) is 1.28. The molecule has 2 aromatic rings. The number of nitrogens with zero attached hydrogens (tertiary/aromatic N) is 1. The predicted octanol–water partition coefficient (Wildman–Crippen LogP) is 3.53. The molecule has 1 nitrogen and oxygen atoms in total. The van der Waals surface area contributed by atoms with Crippen LogP contribution in [0.3, 0.4) is 0 Å². The largest absolute Gasteiger partial charge is 0.256 e. The standard InChI is InChI=1S/C14H15N/c1-3-5-11-6-7-14-13(10-11)12(4-2)8-9-15-14/h3,6-10H,1,4-5H2,2H3. The molecule has 0 N–H and O–H groups in total. The minimum absolute atomic E-state index is 0.925. The molecule has 0 atom stereocenters. The summed E-state index contributed by atoms with van der Waals surface area (Å²) < 4.78 is 0. The topological polar surface area (TPSA) is 12.9 Å². The van der Waals surface area contributed by atoms with Gasteiger partial charge in [0.05, 0.1) is 5.52 Å². The van der Waals surface area contributed by atoms with Crippen LogP contribution in [0.1, 0.15) is 18.1 Å². The Morgan fingerprint density at radius 2 is 2.20 bits per heavy atom. The van der Waals surface area contributed by atoms with Crippen LogP contribution in [0.15, 0.2) is 43.1 Å². The highest BCUT2D eigenvalue weighted by atomic mass is 14.6. The van der Waals surface area contributed by atoms with Crippen LogP contribution in [-0.4, -0.2) is 4.98 Å². The number of fused-ring (bicyclic) bond motifs is 1. The molecule has 0 saturated heterocycles. The van der Waals surface area contributed by atoms with Crippen LogP contribution in [0.25, 0.3) is 10.9 Å². The summed E-state index contributed by atoms with van der Waals surface area (Å²) in [4.78, 5) is 4.37. The van der Waals surface area contributed by atoms with Crippen LogP contribution >= 0.6 is 0 Å². The Morgan fingerprint density at radius 1 is 1.33 bits per heavy atom. The lowest BCUT2D eigenvalue weighted by Crippen LogP contribution is -1.88. The van der Waals surface area contributed by atoms with E-state index in [0.29, 0.717) is 0 Å². The maximum atomic E-state index is 4.37. The van der Waals surface area contributed by atoms with Gasteiger partial charge in [0.2, 0.25) is 0 Å². The van der Waals surface area contributed by atoms with Gasteiger partial charge in [-0.2, -0.15) is 0 Å². The van der Waals surface area contributed by atoms with Gasteiger partial charge in [0.15, 0.2) is 0 Å². The number of rotatable bonds is 3. The molecule has 0 aliphatic rings. The summed E-state index contributed by atoms with van der Waals surface area (Å²) in [6.45, 7) is 5.94. The van der Waals surface area contributed by atoms with Gasteiger partial charge in [0, 0.05) is 11.6 Å². The predicted molar refractivity (Wildman–Crippen MR) is 65.0 cm³/mol. The lowest BCUT2D eigenvalue weighted by atomic mass is 10.0. The number of benzene rings is 1. The Bertz CT molecular complexity index is 486. The van der Waals surface area contributed by atoms with Crippen LogP contribution < -0.4 is 0 Å². The van der Waals surface area contributed by atoms with Gasteiger partial charge in [-0.15, -0.1) is 6.58 Å². The van der Waals surface area contributed by atoms with E-state index in [1.807, 2.05) is 12.3 Å². The second kappa shape index (κ2) is 4.26. The zero-order chi connectivity index (χ0) is 10.7. The van der Waals surface area contributed by atoms with E-state index in [9.17, 15) is 0 Å². The molecule has 0 radical (unpaired) electrons. The summed E-state index contributed by atoms with van der Waals surface area (Å²) in [5.41, 5.74) is 3.76. The Labute approximate surface area is 90.5 Å². The number of hydrogen-bond donors (Lipinski definition) is 0. The van der Waals surface area contributed by atoms with E-state index < -0.39 is 0 Å². The van der Waals surface area contributed by atoms with Crippen molar-refractivity contribution in [3.8, 4) is 0 Å². The minimum Gasteiger partial charge on any atom is -0.256 e. The first kappa shape index (κ1) is 9.91. The van der Waals surface area contributed by atoms with E-state index in [1.165, 1.54) is 16.5 Å². The zero-order valence-electron chi connectivity index (χ0n) is 9.03. The molecule has 0 aliphatic heterocycles. The summed E-state index contributed by atoms with van der Waals surface area (Å²) in [6.07, 6.45) is 5.79. The molecule has 1 heteroatoms. The fourth-order valence-electron chi connectivity index (χ4n) is 1.85. The van der Waals surface area contributed by atoms with Crippen molar-refractivity contribution in [3.05, 3.63) is 54.2 Å². The van der Waals surface area contributed by atoms with Gasteiger partial charge in [-0.3, -0.25) is 4.98 Å². The molecule has 1 aromatic carbocycles. The van der Waals surface area contributed by atoms with E-state index in [1.54, 1.807) is 0 Å². The third-order valence-corrected chi connectivity index (χ3v) is 2.66. The summed E-state index contributed by atoms with van der Waals surface area (Å²) in [5.74, 6) is 0. The van der Waals surface area contributed by atoms with Gasteiger partial charge < -0.3 is 0 Å². The number of aryl methyl sites for hydroxylation is 1. The first-order valence-electron chi connectivity index (χ1n) is 5.32. The van der Waals surface area contributed by atoms with Gasteiger partial charge >= 0.3 is 0 Å². The van der Waals surface area contributed by atoms with Gasteiger partial charge in [0.1, 0.15) is 0 Å². The summed E-state index contributed by atoms with van der Waals surface area (Å²) in [6, 6.07) is 8.53. The van der Waals surface area contributed by atoms with Crippen molar-refractivity contribution in [2.24, 2.45) is 0 Å². The second-order valence-corrected chi connectivity index (χ2v) is 3.67. The van der Waals surface area contributed by atoms with E-state index >= 15 is 0 Å². The van der Waals surface area contributed by atoms with Gasteiger partial charge in [-0.25, -0.2) is 0 Å². The molecule has 0 saturated carbocycles. The average molecular weight is 197 g/mol. The first-order valence-corrected chi connectivity index (χ1v) is 5.32. The highest BCUT2D eigenvalue weighted by molar-refractivity contribution is 5.82. The molecule has 0 fully saturated rings. The molecule has 0 spiro atoms. The van der Waals surface area contributed by atoms with Crippen molar-refractivity contribution in [1.82, 2.24) is 4.98 Å². The van der Waals surface area contributed by atoms with Crippen LogP contribution in [0.2, 0.25) is 0 Å². The summed E-state index contributed by atoms with van der Waals surface area (Å²) >= 11 is 0.